The van der Waals surface area contributed by atoms with Crippen molar-refractivity contribution in [2.24, 2.45) is 0 Å². The molecule has 0 radical (unpaired) electrons. The number of hydrogen-bond donors (Lipinski definition) is 2. The van der Waals surface area contributed by atoms with E-state index in [9.17, 15) is 8.42 Å². The number of aromatic nitrogens is 2. The first kappa shape index (κ1) is 20.5. The molecular formula is C17H25N5O5S. The molecule has 10 nitrogen and oxygen atoms in total. The van der Waals surface area contributed by atoms with Crippen LogP contribution in [0.25, 0.3) is 10.9 Å². The Bertz CT molecular complexity index is 924. The lowest BCUT2D eigenvalue weighted by atomic mass is 10.2. The van der Waals surface area contributed by atoms with Gasteiger partial charge in [-0.25, -0.2) is 9.97 Å². The maximum absolute atomic E-state index is 10.8. The summed E-state index contributed by atoms with van der Waals surface area (Å²) in [6.45, 7) is 3.86. The second-order valence-electron chi connectivity index (χ2n) is 6.47. The standard InChI is InChI=1S/C17H25N5O5S/c1-26-15-10-13-14(11-16(15)27-2)18-12-19-17(13)22-6-3-5-21(8-9-22)7-4-20-28(23,24)25/h10-12,20H,3-9H2,1-2H3,(H,23,24,25). The Morgan fingerprint density at radius 2 is 1.86 bits per heavy atom. The summed E-state index contributed by atoms with van der Waals surface area (Å²) in [7, 11) is -0.966. The van der Waals surface area contributed by atoms with Gasteiger partial charge in [-0.3, -0.25) is 4.55 Å². The zero-order chi connectivity index (χ0) is 20.1. The molecule has 154 valence electrons. The van der Waals surface area contributed by atoms with E-state index in [1.807, 2.05) is 12.1 Å². The molecule has 0 unspecified atom stereocenters. The van der Waals surface area contributed by atoms with Crippen LogP contribution in [0.3, 0.4) is 0 Å². The summed E-state index contributed by atoms with van der Waals surface area (Å²) in [6, 6.07) is 3.73. The van der Waals surface area contributed by atoms with E-state index in [0.29, 0.717) is 18.0 Å². The molecule has 1 fully saturated rings. The van der Waals surface area contributed by atoms with Crippen LogP contribution in [0, 0.1) is 0 Å². The zero-order valence-electron chi connectivity index (χ0n) is 16.0. The van der Waals surface area contributed by atoms with Gasteiger partial charge in [0.1, 0.15) is 12.1 Å². The van der Waals surface area contributed by atoms with Crippen molar-refractivity contribution in [3.63, 3.8) is 0 Å². The molecule has 11 heteroatoms. The second kappa shape index (κ2) is 8.86. The minimum absolute atomic E-state index is 0.173. The van der Waals surface area contributed by atoms with Gasteiger partial charge in [0.05, 0.1) is 19.7 Å². The Kier molecular flexibility index (Phi) is 6.50. The molecule has 0 spiro atoms. The lowest BCUT2D eigenvalue weighted by Gasteiger charge is -2.24. The number of hydrogen-bond acceptors (Lipinski definition) is 8. The molecule has 1 saturated heterocycles. The fraction of sp³-hybridized carbons (Fsp3) is 0.529. The first-order valence-electron chi connectivity index (χ1n) is 8.97. The lowest BCUT2D eigenvalue weighted by molar-refractivity contribution is 0.297. The van der Waals surface area contributed by atoms with Crippen molar-refractivity contribution in [2.75, 3.05) is 58.4 Å². The van der Waals surface area contributed by atoms with Crippen LogP contribution in [0.1, 0.15) is 6.42 Å². The van der Waals surface area contributed by atoms with Gasteiger partial charge in [-0.15, -0.1) is 0 Å². The maximum atomic E-state index is 10.8. The van der Waals surface area contributed by atoms with Crippen LogP contribution in [0.2, 0.25) is 0 Å². The van der Waals surface area contributed by atoms with Crippen molar-refractivity contribution >= 4 is 27.0 Å². The fourth-order valence-corrected chi connectivity index (χ4v) is 3.71. The average Bonchev–Trinajstić information content (AvgIpc) is 2.91. The second-order valence-corrected chi connectivity index (χ2v) is 7.71. The van der Waals surface area contributed by atoms with E-state index in [4.69, 9.17) is 14.0 Å². The molecule has 0 atom stereocenters. The number of benzene rings is 1. The average molecular weight is 411 g/mol. The highest BCUT2D eigenvalue weighted by atomic mass is 32.2. The fourth-order valence-electron chi connectivity index (χ4n) is 3.36. The molecule has 3 rings (SSSR count). The SMILES string of the molecule is COc1cc2ncnc(N3CCCN(CCNS(=O)(=O)O)CC3)c2cc1OC. The molecule has 0 amide bonds. The molecule has 0 aliphatic carbocycles. The van der Waals surface area contributed by atoms with E-state index in [1.54, 1.807) is 20.5 Å². The first-order valence-corrected chi connectivity index (χ1v) is 10.4. The lowest BCUT2D eigenvalue weighted by Crippen LogP contribution is -2.37. The summed E-state index contributed by atoms with van der Waals surface area (Å²) in [5, 5.41) is 0.890. The van der Waals surface area contributed by atoms with Crippen molar-refractivity contribution < 1.29 is 22.4 Å². The Morgan fingerprint density at radius 1 is 1.11 bits per heavy atom. The third-order valence-corrected chi connectivity index (χ3v) is 5.29. The number of ether oxygens (including phenoxy) is 2. The minimum atomic E-state index is -4.15. The maximum Gasteiger partial charge on any atom is 0.333 e. The minimum Gasteiger partial charge on any atom is -0.493 e. The Labute approximate surface area is 164 Å². The van der Waals surface area contributed by atoms with Crippen LogP contribution < -0.4 is 19.1 Å². The molecule has 1 aliphatic heterocycles. The predicted molar refractivity (Wildman–Crippen MR) is 105 cm³/mol. The first-order chi connectivity index (χ1) is 13.4. The summed E-state index contributed by atoms with van der Waals surface area (Å²) < 4.78 is 43.2. The van der Waals surface area contributed by atoms with E-state index in [2.05, 4.69) is 24.5 Å². The van der Waals surface area contributed by atoms with Crippen LogP contribution in [0.15, 0.2) is 18.5 Å². The van der Waals surface area contributed by atoms with E-state index < -0.39 is 10.3 Å². The molecule has 2 heterocycles. The van der Waals surface area contributed by atoms with Crippen molar-refractivity contribution in [2.45, 2.75) is 6.42 Å². The van der Waals surface area contributed by atoms with Gasteiger partial charge in [0.15, 0.2) is 11.5 Å². The topological polar surface area (TPSA) is 117 Å². The molecular weight excluding hydrogens is 386 g/mol. The molecule has 28 heavy (non-hydrogen) atoms. The number of rotatable bonds is 7. The quantitative estimate of drug-likeness (QED) is 0.630. The van der Waals surface area contributed by atoms with Crippen LogP contribution in [-0.2, 0) is 10.3 Å². The molecule has 1 aliphatic rings. The van der Waals surface area contributed by atoms with Gasteiger partial charge in [0.2, 0.25) is 0 Å². The number of fused-ring (bicyclic) bond motifs is 1. The summed E-state index contributed by atoms with van der Waals surface area (Å²) >= 11 is 0. The van der Waals surface area contributed by atoms with Crippen LogP contribution in [0.4, 0.5) is 5.82 Å². The smallest absolute Gasteiger partial charge is 0.333 e. The summed E-state index contributed by atoms with van der Waals surface area (Å²) in [6.07, 6.45) is 2.45. The van der Waals surface area contributed by atoms with Gasteiger partial charge in [0, 0.05) is 44.2 Å². The van der Waals surface area contributed by atoms with Crippen molar-refractivity contribution in [1.29, 1.82) is 0 Å². The number of nitrogens with one attached hydrogen (secondary N) is 1. The Balaban J connectivity index is 1.75. The largest absolute Gasteiger partial charge is 0.493 e. The van der Waals surface area contributed by atoms with Crippen LogP contribution in [-0.4, -0.2) is 81.3 Å². The number of anilines is 1. The van der Waals surface area contributed by atoms with E-state index in [-0.39, 0.29) is 6.54 Å². The predicted octanol–water partition coefficient (Wildman–Crippen LogP) is 0.552. The van der Waals surface area contributed by atoms with Gasteiger partial charge in [-0.1, -0.05) is 0 Å². The normalized spacial score (nSPS) is 16.2. The zero-order valence-corrected chi connectivity index (χ0v) is 16.8. The third kappa shape index (κ3) is 4.98. The van der Waals surface area contributed by atoms with Crippen LogP contribution >= 0.6 is 0 Å². The van der Waals surface area contributed by atoms with Gasteiger partial charge in [-0.2, -0.15) is 13.1 Å². The van der Waals surface area contributed by atoms with E-state index in [1.165, 1.54) is 0 Å². The van der Waals surface area contributed by atoms with Gasteiger partial charge in [0.25, 0.3) is 0 Å². The highest BCUT2D eigenvalue weighted by Gasteiger charge is 2.19. The van der Waals surface area contributed by atoms with Crippen molar-refractivity contribution in [1.82, 2.24) is 19.6 Å². The number of nitrogens with zero attached hydrogens (tertiary/aromatic N) is 4. The monoisotopic (exact) mass is 411 g/mol. The van der Waals surface area contributed by atoms with Gasteiger partial charge < -0.3 is 19.3 Å². The summed E-state index contributed by atoms with van der Waals surface area (Å²) in [4.78, 5) is 13.2. The summed E-state index contributed by atoms with van der Waals surface area (Å²) in [5.41, 5.74) is 0.779. The van der Waals surface area contributed by atoms with Gasteiger partial charge in [-0.05, 0) is 19.0 Å². The van der Waals surface area contributed by atoms with Crippen LogP contribution in [0.5, 0.6) is 11.5 Å². The van der Waals surface area contributed by atoms with Crippen molar-refractivity contribution in [3.05, 3.63) is 18.5 Å². The number of methoxy groups -OCH3 is 2. The summed E-state index contributed by atoms with van der Waals surface area (Å²) in [5.74, 6) is 2.08. The van der Waals surface area contributed by atoms with E-state index >= 15 is 0 Å². The molecule has 2 N–H and O–H groups in total. The molecule has 0 saturated carbocycles. The molecule has 1 aromatic carbocycles. The van der Waals surface area contributed by atoms with Gasteiger partial charge >= 0.3 is 10.3 Å². The highest BCUT2D eigenvalue weighted by Crippen LogP contribution is 2.34. The van der Waals surface area contributed by atoms with E-state index in [0.717, 1.165) is 49.3 Å². The van der Waals surface area contributed by atoms with Crippen molar-refractivity contribution in [3.8, 4) is 11.5 Å². The Morgan fingerprint density at radius 3 is 2.57 bits per heavy atom. The third-order valence-electron chi connectivity index (χ3n) is 4.72. The Hall–Kier alpha value is -2.21. The highest BCUT2D eigenvalue weighted by molar-refractivity contribution is 7.83. The molecule has 0 bridgehead atoms. The molecule has 2 aromatic rings. The molecule has 1 aromatic heterocycles.